The summed E-state index contributed by atoms with van der Waals surface area (Å²) >= 11 is 0. The molecule has 6 nitrogen and oxygen atoms in total. The number of ether oxygens (including phenoxy) is 1. The van der Waals surface area contributed by atoms with Gasteiger partial charge in [-0.2, -0.15) is 4.39 Å². The number of pyridine rings is 1. The number of benzene rings is 1. The second-order valence-electron chi connectivity index (χ2n) is 6.65. The molecule has 1 atom stereocenters. The Balaban J connectivity index is 1.45. The molecular formula is C20H18F2N4O2. The molecule has 0 radical (unpaired) electrons. The fourth-order valence-electron chi connectivity index (χ4n) is 3.32. The summed E-state index contributed by atoms with van der Waals surface area (Å²) in [5, 5.41) is 7.02. The van der Waals surface area contributed by atoms with Crippen molar-refractivity contribution in [2.24, 2.45) is 0 Å². The molecule has 28 heavy (non-hydrogen) atoms. The van der Waals surface area contributed by atoms with Gasteiger partial charge < -0.3 is 9.64 Å². The molecule has 1 fully saturated rings. The number of carbonyl (C=O) groups is 1. The van der Waals surface area contributed by atoms with Gasteiger partial charge in [-0.1, -0.05) is 12.1 Å². The molecular weight excluding hydrogens is 366 g/mol. The maximum Gasteiger partial charge on any atom is 0.255 e. The zero-order valence-corrected chi connectivity index (χ0v) is 14.9. The maximum atomic E-state index is 13.7. The molecule has 1 aliphatic rings. The van der Waals surface area contributed by atoms with E-state index in [1.165, 1.54) is 30.5 Å². The molecule has 1 aromatic carbocycles. The van der Waals surface area contributed by atoms with Crippen molar-refractivity contribution >= 4 is 5.91 Å². The topological polar surface area (TPSA) is 71.1 Å². The van der Waals surface area contributed by atoms with Crippen LogP contribution >= 0.6 is 0 Å². The second kappa shape index (κ2) is 7.75. The average Bonchev–Trinajstić information content (AvgIpc) is 3.19. The van der Waals surface area contributed by atoms with E-state index in [1.807, 2.05) is 0 Å². The number of nitrogens with zero attached hydrogens (tertiary/aromatic N) is 3. The van der Waals surface area contributed by atoms with Crippen molar-refractivity contribution in [3.8, 4) is 11.6 Å². The smallest absolute Gasteiger partial charge is 0.255 e. The van der Waals surface area contributed by atoms with Gasteiger partial charge >= 0.3 is 0 Å². The standard InChI is InChI=1S/C20H18F2N4O2/c21-15-5-1-2-6-17(15)28-19-10-16(24-25-19)14-4-3-9-26(12-14)20(27)13-7-8-18(22)23-11-13/h1-2,5-8,10-11,14H,3-4,9,12H2,(H,24,25)/t14-/m0/s1. The van der Waals surface area contributed by atoms with E-state index in [9.17, 15) is 13.6 Å². The van der Waals surface area contributed by atoms with Crippen LogP contribution in [0.5, 0.6) is 11.6 Å². The summed E-state index contributed by atoms with van der Waals surface area (Å²) < 4.78 is 32.2. The van der Waals surface area contributed by atoms with Gasteiger partial charge in [-0.05, 0) is 37.1 Å². The molecule has 0 saturated carbocycles. The van der Waals surface area contributed by atoms with Crippen LogP contribution in [0.1, 0.15) is 34.8 Å². The molecule has 1 amide bonds. The Hall–Kier alpha value is -3.29. The molecule has 3 heterocycles. The lowest BCUT2D eigenvalue weighted by molar-refractivity contribution is 0.0705. The van der Waals surface area contributed by atoms with E-state index in [0.29, 0.717) is 18.7 Å². The van der Waals surface area contributed by atoms with Crippen molar-refractivity contribution in [2.45, 2.75) is 18.8 Å². The zero-order valence-electron chi connectivity index (χ0n) is 14.9. The summed E-state index contributed by atoms with van der Waals surface area (Å²) in [4.78, 5) is 17.9. The van der Waals surface area contributed by atoms with Crippen molar-refractivity contribution in [1.82, 2.24) is 20.1 Å². The Morgan fingerprint density at radius 2 is 2.07 bits per heavy atom. The first-order valence-corrected chi connectivity index (χ1v) is 8.98. The van der Waals surface area contributed by atoms with Crippen LogP contribution < -0.4 is 4.74 Å². The number of hydrogen-bond acceptors (Lipinski definition) is 4. The van der Waals surface area contributed by atoms with Gasteiger partial charge in [-0.15, -0.1) is 5.10 Å². The number of rotatable bonds is 4. The molecule has 0 unspecified atom stereocenters. The van der Waals surface area contributed by atoms with E-state index in [-0.39, 0.29) is 23.5 Å². The lowest BCUT2D eigenvalue weighted by Gasteiger charge is -2.32. The Kier molecular flexibility index (Phi) is 5.01. The Bertz CT molecular complexity index is 974. The highest BCUT2D eigenvalue weighted by Gasteiger charge is 2.27. The summed E-state index contributed by atoms with van der Waals surface area (Å²) in [5.74, 6) is -0.838. The van der Waals surface area contributed by atoms with Crippen molar-refractivity contribution in [1.29, 1.82) is 0 Å². The van der Waals surface area contributed by atoms with Crippen LogP contribution in [0.15, 0.2) is 48.7 Å². The minimum atomic E-state index is -0.618. The van der Waals surface area contributed by atoms with Gasteiger partial charge in [0.1, 0.15) is 0 Å². The summed E-state index contributed by atoms with van der Waals surface area (Å²) in [6, 6.07) is 10.5. The Morgan fingerprint density at radius 1 is 1.21 bits per heavy atom. The van der Waals surface area contributed by atoms with Gasteiger partial charge in [0.25, 0.3) is 5.91 Å². The first-order chi connectivity index (χ1) is 13.6. The SMILES string of the molecule is O=C(c1ccc(F)nc1)N1CCC[C@H](c2cc(Oc3ccccc3F)n[nH]2)C1. The molecule has 2 aromatic heterocycles. The number of hydrogen-bond donors (Lipinski definition) is 1. The molecule has 3 aromatic rings. The predicted molar refractivity (Wildman–Crippen MR) is 97.1 cm³/mol. The Morgan fingerprint density at radius 3 is 2.86 bits per heavy atom. The number of aromatic nitrogens is 3. The van der Waals surface area contributed by atoms with E-state index in [0.717, 1.165) is 18.5 Å². The second-order valence-corrected chi connectivity index (χ2v) is 6.65. The van der Waals surface area contributed by atoms with E-state index in [2.05, 4.69) is 15.2 Å². The van der Waals surface area contributed by atoms with E-state index >= 15 is 0 Å². The molecule has 1 saturated heterocycles. The fourth-order valence-corrected chi connectivity index (χ4v) is 3.32. The lowest BCUT2D eigenvalue weighted by Crippen LogP contribution is -2.39. The largest absolute Gasteiger partial charge is 0.434 e. The number of para-hydroxylation sites is 1. The highest BCUT2D eigenvalue weighted by molar-refractivity contribution is 5.94. The number of carbonyl (C=O) groups excluding carboxylic acids is 1. The van der Waals surface area contributed by atoms with Gasteiger partial charge in [0.05, 0.1) is 5.56 Å². The van der Waals surface area contributed by atoms with Gasteiger partial charge in [0.2, 0.25) is 11.8 Å². The minimum absolute atomic E-state index is 0.0524. The molecule has 0 spiro atoms. The molecule has 1 aliphatic heterocycles. The summed E-state index contributed by atoms with van der Waals surface area (Å²) in [5.41, 5.74) is 1.18. The highest BCUT2D eigenvalue weighted by atomic mass is 19.1. The molecule has 8 heteroatoms. The minimum Gasteiger partial charge on any atom is -0.434 e. The molecule has 4 rings (SSSR count). The van der Waals surface area contributed by atoms with Gasteiger partial charge in [-0.3, -0.25) is 9.89 Å². The van der Waals surface area contributed by atoms with E-state index in [1.54, 1.807) is 23.1 Å². The number of nitrogens with one attached hydrogen (secondary N) is 1. The predicted octanol–water partition coefficient (Wildman–Crippen LogP) is 3.90. The molecule has 0 bridgehead atoms. The monoisotopic (exact) mass is 384 g/mol. The number of piperidine rings is 1. The Labute approximate surface area is 160 Å². The van der Waals surface area contributed by atoms with E-state index in [4.69, 9.17) is 4.74 Å². The fraction of sp³-hybridized carbons (Fsp3) is 0.250. The molecule has 144 valence electrons. The quantitative estimate of drug-likeness (QED) is 0.693. The zero-order chi connectivity index (χ0) is 19.5. The lowest BCUT2D eigenvalue weighted by atomic mass is 9.94. The van der Waals surface area contributed by atoms with Gasteiger partial charge in [0.15, 0.2) is 11.6 Å². The third-order valence-electron chi connectivity index (χ3n) is 4.75. The number of aromatic amines is 1. The number of likely N-dealkylation sites (tertiary alicyclic amines) is 1. The molecule has 0 aliphatic carbocycles. The average molecular weight is 384 g/mol. The van der Waals surface area contributed by atoms with Crippen LogP contribution in [-0.2, 0) is 0 Å². The van der Waals surface area contributed by atoms with Crippen molar-refractivity contribution < 1.29 is 18.3 Å². The van der Waals surface area contributed by atoms with E-state index < -0.39 is 11.8 Å². The summed E-state index contributed by atoms with van der Waals surface area (Å²) in [6.45, 7) is 1.12. The number of halogens is 2. The van der Waals surface area contributed by atoms with Crippen molar-refractivity contribution in [3.63, 3.8) is 0 Å². The van der Waals surface area contributed by atoms with Crippen LogP contribution in [0.2, 0.25) is 0 Å². The first kappa shape index (κ1) is 18.1. The van der Waals surface area contributed by atoms with Crippen LogP contribution in [0.3, 0.4) is 0 Å². The number of amides is 1. The highest BCUT2D eigenvalue weighted by Crippen LogP contribution is 2.30. The first-order valence-electron chi connectivity index (χ1n) is 8.98. The summed E-state index contributed by atoms with van der Waals surface area (Å²) in [6.07, 6.45) is 2.96. The maximum absolute atomic E-state index is 13.7. The van der Waals surface area contributed by atoms with Crippen molar-refractivity contribution in [2.75, 3.05) is 13.1 Å². The van der Waals surface area contributed by atoms with Crippen LogP contribution in [0, 0.1) is 11.8 Å². The van der Waals surface area contributed by atoms with Gasteiger partial charge in [-0.25, -0.2) is 9.37 Å². The van der Waals surface area contributed by atoms with Crippen LogP contribution in [-0.4, -0.2) is 39.1 Å². The third kappa shape index (κ3) is 3.85. The third-order valence-corrected chi connectivity index (χ3v) is 4.75. The number of H-pyrrole nitrogens is 1. The van der Waals surface area contributed by atoms with Gasteiger partial charge in [0, 0.05) is 37.0 Å². The normalized spacial score (nSPS) is 16.8. The summed E-state index contributed by atoms with van der Waals surface area (Å²) in [7, 11) is 0. The van der Waals surface area contributed by atoms with Crippen LogP contribution in [0.4, 0.5) is 8.78 Å². The molecule has 1 N–H and O–H groups in total. The van der Waals surface area contributed by atoms with Crippen LogP contribution in [0.25, 0.3) is 0 Å². The van der Waals surface area contributed by atoms with Crippen molar-refractivity contribution in [3.05, 3.63) is 71.7 Å².